The number of aromatic nitrogens is 2. The minimum Gasteiger partial charge on any atom is -0.336 e. The highest BCUT2D eigenvalue weighted by molar-refractivity contribution is 6.09. The Labute approximate surface area is 339 Å². The Morgan fingerprint density at radius 1 is 0.321 bits per heavy atom. The zero-order chi connectivity index (χ0) is 41.0. The van der Waals surface area contributed by atoms with Crippen molar-refractivity contribution in [2.45, 2.75) is 81.6 Å². The molecule has 0 aliphatic carbocycles. The van der Waals surface area contributed by atoms with Crippen LogP contribution in [-0.2, 0) is 26.2 Å². The van der Waals surface area contributed by atoms with Crippen LogP contribution in [0.5, 0.6) is 0 Å². The maximum absolute atomic E-state index is 2.44. The largest absolute Gasteiger partial charge is 0.336 e. The summed E-state index contributed by atoms with van der Waals surface area (Å²) in [5.74, 6) is 0. The van der Waals surface area contributed by atoms with Crippen molar-refractivity contribution in [2.75, 3.05) is 28.2 Å². The summed E-state index contributed by atoms with van der Waals surface area (Å²) in [6.07, 6.45) is 0. The van der Waals surface area contributed by atoms with Crippen LogP contribution in [0.4, 0.5) is 0 Å². The number of benzene rings is 6. The molecule has 296 valence electrons. The number of nitrogens with zero attached hydrogens (tertiary/aromatic N) is 4. The van der Waals surface area contributed by atoms with Gasteiger partial charge in [-0.25, -0.2) is 0 Å². The Hall–Kier alpha value is -5.16. The number of para-hydroxylation sites is 2. The van der Waals surface area contributed by atoms with Gasteiger partial charge < -0.3 is 18.9 Å². The van der Waals surface area contributed by atoms with E-state index in [4.69, 9.17) is 0 Å². The quantitative estimate of drug-likeness (QED) is 0.154. The van der Waals surface area contributed by atoms with Crippen molar-refractivity contribution in [3.05, 3.63) is 168 Å². The second-order valence-electron chi connectivity index (χ2n) is 13.4. The van der Waals surface area contributed by atoms with E-state index in [1.165, 1.54) is 65.9 Å². The fourth-order valence-electron chi connectivity index (χ4n) is 7.00. The summed E-state index contributed by atoms with van der Waals surface area (Å²) < 4.78 is 4.87. The smallest absolute Gasteiger partial charge is 0.0497 e. The molecular formula is C52H68N4. The highest BCUT2D eigenvalue weighted by Crippen LogP contribution is 2.32. The van der Waals surface area contributed by atoms with E-state index in [0.717, 1.165) is 26.2 Å². The Balaban J connectivity index is 0.000000255. The third kappa shape index (κ3) is 11.4. The molecule has 6 aromatic carbocycles. The first-order valence-electron chi connectivity index (χ1n) is 20.8. The van der Waals surface area contributed by atoms with Crippen molar-refractivity contribution in [2.24, 2.45) is 0 Å². The Morgan fingerprint density at radius 2 is 0.679 bits per heavy atom. The fourth-order valence-corrected chi connectivity index (χ4v) is 7.00. The zero-order valence-electron chi connectivity index (χ0n) is 36.5. The van der Waals surface area contributed by atoms with Crippen molar-refractivity contribution >= 4 is 43.6 Å². The maximum Gasteiger partial charge on any atom is 0.0497 e. The average Bonchev–Trinajstić information content (AvgIpc) is 3.72. The predicted octanol–water partition coefficient (Wildman–Crippen LogP) is 13.9. The molecule has 2 heterocycles. The van der Waals surface area contributed by atoms with Crippen LogP contribution < -0.4 is 0 Å². The molecule has 0 atom stereocenters. The van der Waals surface area contributed by atoms with Crippen molar-refractivity contribution in [3.8, 4) is 0 Å². The first-order chi connectivity index (χ1) is 27.4. The first kappa shape index (κ1) is 45.2. The molecule has 0 saturated carbocycles. The lowest BCUT2D eigenvalue weighted by Crippen LogP contribution is -2.10. The van der Waals surface area contributed by atoms with Gasteiger partial charge in [0.25, 0.3) is 0 Å². The van der Waals surface area contributed by atoms with Gasteiger partial charge in [-0.15, -0.1) is 0 Å². The van der Waals surface area contributed by atoms with Crippen molar-refractivity contribution in [1.82, 2.24) is 18.9 Å². The first-order valence-corrected chi connectivity index (χ1v) is 20.8. The zero-order valence-corrected chi connectivity index (χ0v) is 36.5. The topological polar surface area (TPSA) is 16.3 Å². The molecule has 0 amide bonds. The summed E-state index contributed by atoms with van der Waals surface area (Å²) in [6.45, 7) is 19.7. The molecule has 0 bridgehead atoms. The highest BCUT2D eigenvalue weighted by Gasteiger charge is 2.13. The molecular weight excluding hydrogens is 681 g/mol. The molecule has 0 radical (unpaired) electrons. The third-order valence-corrected chi connectivity index (χ3v) is 9.04. The molecule has 8 rings (SSSR count). The van der Waals surface area contributed by atoms with Gasteiger partial charge in [0.05, 0.1) is 0 Å². The fraction of sp³-hybridized carbons (Fsp3) is 0.308. The molecule has 2 aromatic heterocycles. The van der Waals surface area contributed by atoms with Gasteiger partial charge in [-0.2, -0.15) is 0 Å². The van der Waals surface area contributed by atoms with Crippen LogP contribution in [0.2, 0.25) is 0 Å². The van der Waals surface area contributed by atoms with E-state index in [0.29, 0.717) is 0 Å². The van der Waals surface area contributed by atoms with Gasteiger partial charge in [0.15, 0.2) is 0 Å². The molecule has 8 aromatic rings. The number of hydrogen-bond donors (Lipinski definition) is 0. The van der Waals surface area contributed by atoms with Crippen LogP contribution >= 0.6 is 0 Å². The molecule has 4 nitrogen and oxygen atoms in total. The van der Waals surface area contributed by atoms with Crippen molar-refractivity contribution in [3.63, 3.8) is 0 Å². The lowest BCUT2D eigenvalue weighted by atomic mass is 10.1. The second kappa shape index (κ2) is 23.7. The van der Waals surface area contributed by atoms with E-state index < -0.39 is 0 Å². The molecule has 0 aliphatic rings. The number of rotatable bonds is 8. The molecule has 0 unspecified atom stereocenters. The van der Waals surface area contributed by atoms with E-state index >= 15 is 0 Å². The highest BCUT2D eigenvalue weighted by atomic mass is 15.1. The molecule has 0 saturated heterocycles. The van der Waals surface area contributed by atoms with Crippen LogP contribution in [-0.4, -0.2) is 47.1 Å². The van der Waals surface area contributed by atoms with Gasteiger partial charge in [0, 0.05) is 69.8 Å². The lowest BCUT2D eigenvalue weighted by Gasteiger charge is -2.11. The van der Waals surface area contributed by atoms with Gasteiger partial charge in [0.2, 0.25) is 0 Å². The summed E-state index contributed by atoms with van der Waals surface area (Å²) in [7, 11) is 8.46. The summed E-state index contributed by atoms with van der Waals surface area (Å²) in [6, 6.07) is 52.6. The van der Waals surface area contributed by atoms with Crippen LogP contribution in [0.3, 0.4) is 0 Å². The van der Waals surface area contributed by atoms with E-state index in [1.807, 2.05) is 55.4 Å². The molecule has 56 heavy (non-hydrogen) atoms. The third-order valence-electron chi connectivity index (χ3n) is 9.04. The number of fused-ring (bicyclic) bond motifs is 6. The van der Waals surface area contributed by atoms with Crippen LogP contribution in [0.15, 0.2) is 146 Å². The van der Waals surface area contributed by atoms with E-state index in [9.17, 15) is 0 Å². The van der Waals surface area contributed by atoms with Crippen LogP contribution in [0, 0.1) is 0 Å². The van der Waals surface area contributed by atoms with Gasteiger partial charge in [-0.05, 0) is 80.8 Å². The Bertz CT molecular complexity index is 2290. The molecule has 0 spiro atoms. The molecule has 4 heteroatoms. The second-order valence-corrected chi connectivity index (χ2v) is 13.4. The average molecular weight is 749 g/mol. The summed E-state index contributed by atoms with van der Waals surface area (Å²) >= 11 is 0. The van der Waals surface area contributed by atoms with Gasteiger partial charge >= 0.3 is 0 Å². The van der Waals surface area contributed by atoms with E-state index in [1.54, 1.807) is 0 Å². The Morgan fingerprint density at radius 3 is 1.16 bits per heavy atom. The minimum absolute atomic E-state index is 0.899. The monoisotopic (exact) mass is 749 g/mol. The van der Waals surface area contributed by atoms with Gasteiger partial charge in [-0.1, -0.05) is 171 Å². The summed E-state index contributed by atoms with van der Waals surface area (Å²) in [4.78, 5) is 4.43. The SMILES string of the molecule is CC.CC.CC.CC.CN(C)Cc1ccc2c(c1)c1ccccc1n2Cc1ccccc1.CN(C)Cc1ccc2c3ccccc3n(Cc3ccccc3)c2c1. The molecule has 0 aliphatic heterocycles. The maximum atomic E-state index is 2.44. The van der Waals surface area contributed by atoms with E-state index in [-0.39, 0.29) is 0 Å². The normalized spacial score (nSPS) is 10.4. The molecule has 0 N–H and O–H groups in total. The standard InChI is InChI=1S/2C22H22N2.4C2H6/c1-23(2)15-18-12-13-22-20(14-18)19-10-6-7-11-21(19)24(22)16-17-8-4-3-5-9-17;1-23(2)15-18-12-13-20-19-10-6-7-11-21(19)24(22(20)14-18)16-17-8-4-3-5-9-17;4*1-2/h2*3-14H,15-16H2,1-2H3;4*1-2H3. The van der Waals surface area contributed by atoms with Crippen molar-refractivity contribution < 1.29 is 0 Å². The molecule has 0 fully saturated rings. The summed E-state index contributed by atoms with van der Waals surface area (Å²) in [5.41, 5.74) is 10.6. The Kier molecular flexibility index (Phi) is 19.1. The van der Waals surface area contributed by atoms with Gasteiger partial charge in [0.1, 0.15) is 0 Å². The summed E-state index contributed by atoms with van der Waals surface area (Å²) in [5, 5.41) is 5.36. The number of hydrogen-bond acceptors (Lipinski definition) is 2. The van der Waals surface area contributed by atoms with Crippen LogP contribution in [0.1, 0.15) is 77.6 Å². The predicted molar refractivity (Wildman–Crippen MR) is 250 cm³/mol. The van der Waals surface area contributed by atoms with Crippen LogP contribution in [0.25, 0.3) is 43.6 Å². The lowest BCUT2D eigenvalue weighted by molar-refractivity contribution is 0.402. The van der Waals surface area contributed by atoms with Gasteiger partial charge in [-0.3, -0.25) is 0 Å². The van der Waals surface area contributed by atoms with Crippen molar-refractivity contribution in [1.29, 1.82) is 0 Å². The minimum atomic E-state index is 0.899. The van der Waals surface area contributed by atoms with E-state index in [2.05, 4.69) is 193 Å².